The summed E-state index contributed by atoms with van der Waals surface area (Å²) in [7, 11) is 0. The minimum absolute atomic E-state index is 0.218. The van der Waals surface area contributed by atoms with Crippen LogP contribution in [0.5, 0.6) is 5.75 Å². The number of carbonyl (C=O) groups is 1. The van der Waals surface area contributed by atoms with Crippen molar-refractivity contribution < 1.29 is 22.7 Å². The Balaban J connectivity index is 3.27. The zero-order chi connectivity index (χ0) is 12.3. The third-order valence-corrected chi connectivity index (χ3v) is 2.47. The number of hydrogen-bond donors (Lipinski definition) is 0. The Bertz CT molecular complexity index is 412. The molecule has 1 rings (SSSR count). The van der Waals surface area contributed by atoms with Crippen LogP contribution >= 0.6 is 27.5 Å². The molecule has 0 fully saturated rings. The summed E-state index contributed by atoms with van der Waals surface area (Å²) in [5.74, 6) is -2.32. The molecule has 0 aliphatic heterocycles. The molecule has 0 bridgehead atoms. The van der Waals surface area contributed by atoms with Gasteiger partial charge in [-0.3, -0.25) is 4.79 Å². The van der Waals surface area contributed by atoms with Crippen molar-refractivity contribution in [3.8, 4) is 5.75 Å². The highest BCUT2D eigenvalue weighted by molar-refractivity contribution is 9.09. The molecule has 88 valence electrons. The molecule has 16 heavy (non-hydrogen) atoms. The normalized spacial score (nSPS) is 10.6. The second-order valence-corrected chi connectivity index (χ2v) is 3.64. The van der Waals surface area contributed by atoms with Crippen molar-refractivity contribution in [2.45, 2.75) is 6.61 Å². The number of rotatable bonds is 4. The van der Waals surface area contributed by atoms with Gasteiger partial charge in [0, 0.05) is 0 Å². The summed E-state index contributed by atoms with van der Waals surface area (Å²) in [6, 6.07) is 2.06. The van der Waals surface area contributed by atoms with E-state index < -0.39 is 29.5 Å². The van der Waals surface area contributed by atoms with Crippen LogP contribution < -0.4 is 4.74 Å². The summed E-state index contributed by atoms with van der Waals surface area (Å²) in [6.07, 6.45) is 0. The van der Waals surface area contributed by atoms with Gasteiger partial charge in [0.2, 0.25) is 0 Å². The summed E-state index contributed by atoms with van der Waals surface area (Å²) in [5, 5.41) is -0.546. The number of halogens is 5. The maximum Gasteiger partial charge on any atom is 0.387 e. The van der Waals surface area contributed by atoms with E-state index in [1.165, 1.54) is 0 Å². The van der Waals surface area contributed by atoms with Gasteiger partial charge in [-0.05, 0) is 12.1 Å². The molecule has 0 aliphatic rings. The molecule has 0 unspecified atom stereocenters. The second kappa shape index (κ2) is 5.54. The predicted octanol–water partition coefficient (Wildman–Crippen LogP) is 3.66. The first-order valence-electron chi connectivity index (χ1n) is 3.99. The lowest BCUT2D eigenvalue weighted by atomic mass is 10.1. The van der Waals surface area contributed by atoms with Crippen LogP contribution in [0, 0.1) is 5.82 Å². The van der Waals surface area contributed by atoms with Gasteiger partial charge in [-0.15, -0.1) is 0 Å². The number of alkyl halides is 3. The first-order chi connectivity index (χ1) is 7.47. The number of benzene rings is 1. The van der Waals surface area contributed by atoms with Crippen molar-refractivity contribution in [2.24, 2.45) is 0 Å². The third kappa shape index (κ3) is 2.89. The Morgan fingerprint density at radius 3 is 2.62 bits per heavy atom. The fraction of sp³-hybridized carbons (Fsp3) is 0.222. The zero-order valence-electron chi connectivity index (χ0n) is 7.65. The molecule has 0 heterocycles. The summed E-state index contributed by atoms with van der Waals surface area (Å²) in [4.78, 5) is 11.3. The molecule has 0 radical (unpaired) electrons. The number of ether oxygens (including phenoxy) is 1. The first kappa shape index (κ1) is 13.3. The summed E-state index contributed by atoms with van der Waals surface area (Å²) >= 11 is 8.25. The van der Waals surface area contributed by atoms with E-state index in [1.807, 2.05) is 0 Å². The van der Waals surface area contributed by atoms with Crippen molar-refractivity contribution >= 4 is 33.3 Å². The van der Waals surface area contributed by atoms with E-state index in [4.69, 9.17) is 11.6 Å². The molecule has 1 aromatic carbocycles. The Morgan fingerprint density at radius 1 is 1.50 bits per heavy atom. The molecule has 0 aromatic heterocycles. The zero-order valence-corrected chi connectivity index (χ0v) is 9.99. The van der Waals surface area contributed by atoms with Crippen LogP contribution in [0.15, 0.2) is 12.1 Å². The summed E-state index contributed by atoms with van der Waals surface area (Å²) < 4.78 is 41.5. The molecular weight excluding hydrogens is 312 g/mol. The average molecular weight is 317 g/mol. The van der Waals surface area contributed by atoms with E-state index >= 15 is 0 Å². The Morgan fingerprint density at radius 2 is 2.12 bits per heavy atom. The standard InChI is InChI=1S/C9H5BrClF3O2/c10-3-5(15)7-6(16-9(13)14)2-1-4(11)8(7)12/h1-2,9H,3H2. The molecular formula is C9H5BrClF3O2. The maximum absolute atomic E-state index is 13.5. The molecule has 0 atom stereocenters. The van der Waals surface area contributed by atoms with Gasteiger partial charge in [-0.25, -0.2) is 4.39 Å². The molecule has 0 spiro atoms. The average Bonchev–Trinajstić information content (AvgIpc) is 2.22. The highest BCUT2D eigenvalue weighted by Crippen LogP contribution is 2.29. The lowest BCUT2D eigenvalue weighted by Crippen LogP contribution is -2.11. The second-order valence-electron chi connectivity index (χ2n) is 2.67. The number of carbonyl (C=O) groups excluding carboxylic acids is 1. The highest BCUT2D eigenvalue weighted by Gasteiger charge is 2.21. The van der Waals surface area contributed by atoms with E-state index in [0.29, 0.717) is 0 Å². The summed E-state index contributed by atoms with van der Waals surface area (Å²) in [6.45, 7) is -3.14. The van der Waals surface area contributed by atoms with Crippen molar-refractivity contribution in [1.82, 2.24) is 0 Å². The molecule has 0 aliphatic carbocycles. The van der Waals surface area contributed by atoms with E-state index in [2.05, 4.69) is 20.7 Å². The lowest BCUT2D eigenvalue weighted by Gasteiger charge is -2.10. The molecule has 0 saturated heterocycles. The molecule has 0 amide bonds. The van der Waals surface area contributed by atoms with Gasteiger partial charge < -0.3 is 4.74 Å². The smallest absolute Gasteiger partial charge is 0.387 e. The Kier molecular flexibility index (Phi) is 4.61. The largest absolute Gasteiger partial charge is 0.434 e. The third-order valence-electron chi connectivity index (χ3n) is 1.67. The number of Topliss-reactive ketones (excluding diaryl/α,β-unsaturated/α-hetero) is 1. The van der Waals surface area contributed by atoms with E-state index in [-0.39, 0.29) is 10.4 Å². The van der Waals surface area contributed by atoms with Crippen LogP contribution in [0.25, 0.3) is 0 Å². The van der Waals surface area contributed by atoms with E-state index in [9.17, 15) is 18.0 Å². The van der Waals surface area contributed by atoms with Gasteiger partial charge in [0.1, 0.15) is 5.75 Å². The highest BCUT2D eigenvalue weighted by atomic mass is 79.9. The molecule has 0 saturated carbocycles. The fourth-order valence-corrected chi connectivity index (χ4v) is 1.49. The van der Waals surface area contributed by atoms with Crippen LogP contribution in [-0.2, 0) is 0 Å². The molecule has 1 aromatic rings. The minimum Gasteiger partial charge on any atom is -0.434 e. The lowest BCUT2D eigenvalue weighted by molar-refractivity contribution is -0.0502. The fourth-order valence-electron chi connectivity index (χ4n) is 1.05. The van der Waals surface area contributed by atoms with Gasteiger partial charge in [0.15, 0.2) is 11.6 Å². The Hall–Kier alpha value is -0.750. The predicted molar refractivity (Wildman–Crippen MR) is 56.2 cm³/mol. The van der Waals surface area contributed by atoms with Crippen LogP contribution in [-0.4, -0.2) is 17.7 Å². The number of ketones is 1. The first-order valence-corrected chi connectivity index (χ1v) is 5.49. The van der Waals surface area contributed by atoms with Gasteiger partial charge in [-0.2, -0.15) is 8.78 Å². The minimum atomic E-state index is -3.14. The van der Waals surface area contributed by atoms with Gasteiger partial charge >= 0.3 is 6.61 Å². The SMILES string of the molecule is O=C(CBr)c1c(OC(F)F)ccc(Cl)c1F. The van der Waals surface area contributed by atoms with Crippen molar-refractivity contribution in [3.63, 3.8) is 0 Å². The topological polar surface area (TPSA) is 26.3 Å². The van der Waals surface area contributed by atoms with E-state index in [1.54, 1.807) is 0 Å². The van der Waals surface area contributed by atoms with Crippen LogP contribution in [0.1, 0.15) is 10.4 Å². The molecule has 0 N–H and O–H groups in total. The van der Waals surface area contributed by atoms with Crippen molar-refractivity contribution in [3.05, 3.63) is 28.5 Å². The van der Waals surface area contributed by atoms with E-state index in [0.717, 1.165) is 12.1 Å². The Labute approximate surface area is 102 Å². The summed E-state index contributed by atoms with van der Waals surface area (Å²) in [5.41, 5.74) is -0.579. The van der Waals surface area contributed by atoms with Crippen LogP contribution in [0.2, 0.25) is 5.02 Å². The van der Waals surface area contributed by atoms with Gasteiger partial charge in [-0.1, -0.05) is 27.5 Å². The van der Waals surface area contributed by atoms with Crippen LogP contribution in [0.4, 0.5) is 13.2 Å². The van der Waals surface area contributed by atoms with Gasteiger partial charge in [0.25, 0.3) is 0 Å². The monoisotopic (exact) mass is 316 g/mol. The van der Waals surface area contributed by atoms with Crippen molar-refractivity contribution in [1.29, 1.82) is 0 Å². The molecule has 7 heteroatoms. The van der Waals surface area contributed by atoms with Gasteiger partial charge in [0.05, 0.1) is 15.9 Å². The quantitative estimate of drug-likeness (QED) is 0.626. The number of hydrogen-bond acceptors (Lipinski definition) is 2. The molecule has 2 nitrogen and oxygen atoms in total. The maximum atomic E-state index is 13.5. The van der Waals surface area contributed by atoms with Crippen molar-refractivity contribution in [2.75, 3.05) is 5.33 Å². The van der Waals surface area contributed by atoms with Crippen LogP contribution in [0.3, 0.4) is 0 Å².